The fourth-order valence-corrected chi connectivity index (χ4v) is 1.63. The molecule has 0 unspecified atom stereocenters. The molecule has 0 aliphatic rings. The summed E-state index contributed by atoms with van der Waals surface area (Å²) in [7, 11) is 0. The van der Waals surface area contributed by atoms with Crippen molar-refractivity contribution in [3.8, 4) is 0 Å². The van der Waals surface area contributed by atoms with E-state index >= 15 is 0 Å². The molecule has 23 heavy (non-hydrogen) atoms. The molecule has 0 atom stereocenters. The van der Waals surface area contributed by atoms with Crippen LogP contribution in [-0.2, 0) is 4.74 Å². The Kier molecular flexibility index (Phi) is 7.27. The second kappa shape index (κ2) is 8.94. The molecular weight excluding hydrogens is 316 g/mol. The number of carbonyl (C=O) groups is 2. The number of ether oxygens (including phenoxy) is 1. The first-order valence-electron chi connectivity index (χ1n) is 7.14. The summed E-state index contributed by atoms with van der Waals surface area (Å²) < 4.78 is 5.09. The molecule has 2 amide bonds. The van der Waals surface area contributed by atoms with Crippen molar-refractivity contribution in [2.45, 2.75) is 26.4 Å². The average Bonchev–Trinajstić information content (AvgIpc) is 2.48. The highest BCUT2D eigenvalue weighted by Gasteiger charge is 2.15. The predicted molar refractivity (Wildman–Crippen MR) is 91.9 cm³/mol. The van der Waals surface area contributed by atoms with Crippen LogP contribution in [0.4, 0.5) is 4.79 Å². The summed E-state index contributed by atoms with van der Waals surface area (Å²) in [5.74, 6) is -0.290. The Hall–Kier alpha value is -2.35. The second-order valence-electron chi connectivity index (χ2n) is 5.63. The zero-order valence-electron chi connectivity index (χ0n) is 13.4. The van der Waals surface area contributed by atoms with Crippen LogP contribution in [0.25, 0.3) is 0 Å². The van der Waals surface area contributed by atoms with Gasteiger partial charge in [0.05, 0.1) is 0 Å². The molecule has 1 rings (SSSR count). The van der Waals surface area contributed by atoms with Crippen LogP contribution in [-0.4, -0.2) is 35.8 Å². The molecule has 0 heterocycles. The minimum Gasteiger partial charge on any atom is -0.444 e. The van der Waals surface area contributed by atoms with Gasteiger partial charge in [-0.1, -0.05) is 18.2 Å². The normalized spacial score (nSPS) is 10.4. The van der Waals surface area contributed by atoms with Gasteiger partial charge in [-0.15, -0.1) is 0 Å². The van der Waals surface area contributed by atoms with E-state index in [0.29, 0.717) is 18.7 Å². The molecule has 0 radical (unpaired) electrons. The van der Waals surface area contributed by atoms with Gasteiger partial charge in [0, 0.05) is 18.7 Å². The summed E-state index contributed by atoms with van der Waals surface area (Å²) in [6.07, 6.45) is -0.490. The number of hydrogen-bond acceptors (Lipinski definition) is 4. The van der Waals surface area contributed by atoms with Crippen molar-refractivity contribution >= 4 is 29.3 Å². The zero-order valence-corrected chi connectivity index (χ0v) is 14.3. The standard InChI is InChI=1S/C15H22N4O3S/c1-15(2,3)22-14(21)17-10-9-16-13(23)19-18-12(20)11-7-5-4-6-8-11/h4-8H,9-10H2,1-3H3,(H,17,21)(H,18,20)(H2,16,19,23). The largest absolute Gasteiger partial charge is 0.444 e. The maximum atomic E-state index is 11.8. The molecule has 0 aliphatic carbocycles. The summed E-state index contributed by atoms with van der Waals surface area (Å²) in [4.78, 5) is 23.2. The van der Waals surface area contributed by atoms with Gasteiger partial charge < -0.3 is 15.4 Å². The van der Waals surface area contributed by atoms with Crippen LogP contribution in [0, 0.1) is 0 Å². The van der Waals surface area contributed by atoms with Crippen molar-refractivity contribution in [2.24, 2.45) is 0 Å². The Morgan fingerprint density at radius 1 is 1.04 bits per heavy atom. The van der Waals surface area contributed by atoms with Crippen LogP contribution in [0.5, 0.6) is 0 Å². The zero-order chi connectivity index (χ0) is 17.3. The average molecular weight is 338 g/mol. The second-order valence-corrected chi connectivity index (χ2v) is 6.04. The van der Waals surface area contributed by atoms with E-state index in [0.717, 1.165) is 0 Å². The lowest BCUT2D eigenvalue weighted by molar-refractivity contribution is 0.0529. The van der Waals surface area contributed by atoms with Gasteiger partial charge in [0.15, 0.2) is 5.11 Å². The van der Waals surface area contributed by atoms with E-state index in [9.17, 15) is 9.59 Å². The number of rotatable bonds is 4. The van der Waals surface area contributed by atoms with E-state index in [1.54, 1.807) is 45.0 Å². The van der Waals surface area contributed by atoms with Crippen LogP contribution >= 0.6 is 12.2 Å². The molecule has 126 valence electrons. The van der Waals surface area contributed by atoms with Gasteiger partial charge in [-0.05, 0) is 45.1 Å². The first-order valence-corrected chi connectivity index (χ1v) is 7.55. The van der Waals surface area contributed by atoms with E-state index in [-0.39, 0.29) is 11.0 Å². The molecule has 0 fully saturated rings. The maximum absolute atomic E-state index is 11.8. The van der Waals surface area contributed by atoms with Crippen LogP contribution in [0.3, 0.4) is 0 Å². The number of carbonyl (C=O) groups excluding carboxylic acids is 2. The van der Waals surface area contributed by atoms with E-state index in [4.69, 9.17) is 17.0 Å². The lowest BCUT2D eigenvalue weighted by atomic mass is 10.2. The topological polar surface area (TPSA) is 91.5 Å². The first kappa shape index (κ1) is 18.7. The summed E-state index contributed by atoms with van der Waals surface area (Å²) in [6, 6.07) is 8.76. The molecule has 7 nitrogen and oxygen atoms in total. The van der Waals surface area contributed by atoms with Crippen LogP contribution < -0.4 is 21.5 Å². The van der Waals surface area contributed by atoms with E-state index in [1.165, 1.54) is 0 Å². The lowest BCUT2D eigenvalue weighted by Gasteiger charge is -2.19. The van der Waals surface area contributed by atoms with Gasteiger partial charge in [0.1, 0.15) is 5.60 Å². The molecule has 0 aliphatic heterocycles. The third-order valence-corrected chi connectivity index (χ3v) is 2.65. The summed E-state index contributed by atoms with van der Waals surface area (Å²) in [5, 5.41) is 5.68. The number of amides is 2. The Balaban J connectivity index is 2.15. The van der Waals surface area contributed by atoms with Crippen LogP contribution in [0.2, 0.25) is 0 Å². The monoisotopic (exact) mass is 338 g/mol. The molecule has 1 aromatic rings. The fourth-order valence-electron chi connectivity index (χ4n) is 1.47. The number of nitrogens with one attached hydrogen (secondary N) is 4. The van der Waals surface area contributed by atoms with Crippen molar-refractivity contribution in [1.82, 2.24) is 21.5 Å². The van der Waals surface area contributed by atoms with Crippen molar-refractivity contribution in [1.29, 1.82) is 0 Å². The summed E-state index contributed by atoms with van der Waals surface area (Å²) >= 11 is 5.01. The lowest BCUT2D eigenvalue weighted by Crippen LogP contribution is -2.48. The van der Waals surface area contributed by atoms with Crippen molar-refractivity contribution in [3.05, 3.63) is 35.9 Å². The first-order chi connectivity index (χ1) is 10.8. The summed E-state index contributed by atoms with van der Waals surface area (Å²) in [6.45, 7) is 6.10. The van der Waals surface area contributed by atoms with Gasteiger partial charge >= 0.3 is 6.09 Å². The number of hydrogen-bond donors (Lipinski definition) is 4. The van der Waals surface area contributed by atoms with Crippen molar-refractivity contribution < 1.29 is 14.3 Å². The number of benzene rings is 1. The molecule has 8 heteroatoms. The van der Waals surface area contributed by atoms with Gasteiger partial charge in [-0.3, -0.25) is 15.6 Å². The van der Waals surface area contributed by atoms with Crippen LogP contribution in [0.1, 0.15) is 31.1 Å². The number of hydrazine groups is 1. The Morgan fingerprint density at radius 2 is 1.65 bits per heavy atom. The number of alkyl carbamates (subject to hydrolysis) is 1. The molecule has 4 N–H and O–H groups in total. The highest BCUT2D eigenvalue weighted by molar-refractivity contribution is 7.80. The minimum atomic E-state index is -0.532. The molecule has 0 aromatic heterocycles. The van der Waals surface area contributed by atoms with Crippen LogP contribution in [0.15, 0.2) is 30.3 Å². The van der Waals surface area contributed by atoms with E-state index in [1.807, 2.05) is 6.07 Å². The third-order valence-electron chi connectivity index (χ3n) is 2.40. The fraction of sp³-hybridized carbons (Fsp3) is 0.400. The highest BCUT2D eigenvalue weighted by atomic mass is 32.1. The van der Waals surface area contributed by atoms with E-state index in [2.05, 4.69) is 21.5 Å². The number of thiocarbonyl (C=S) groups is 1. The molecule has 0 saturated heterocycles. The van der Waals surface area contributed by atoms with Gasteiger partial charge in [0.25, 0.3) is 5.91 Å². The minimum absolute atomic E-state index is 0.250. The van der Waals surface area contributed by atoms with E-state index < -0.39 is 11.7 Å². The van der Waals surface area contributed by atoms with Gasteiger partial charge in [0.2, 0.25) is 0 Å². The molecule has 0 saturated carbocycles. The predicted octanol–water partition coefficient (Wildman–Crippen LogP) is 1.32. The summed E-state index contributed by atoms with van der Waals surface area (Å²) in [5.41, 5.74) is 5.05. The molecular formula is C15H22N4O3S. The molecule has 1 aromatic carbocycles. The van der Waals surface area contributed by atoms with Gasteiger partial charge in [-0.2, -0.15) is 0 Å². The Labute approximate surface area is 141 Å². The molecule has 0 bridgehead atoms. The quantitative estimate of drug-likeness (QED) is 0.376. The third kappa shape index (κ3) is 8.62. The smallest absolute Gasteiger partial charge is 0.407 e. The Bertz CT molecular complexity index is 543. The Morgan fingerprint density at radius 3 is 2.26 bits per heavy atom. The van der Waals surface area contributed by atoms with Crippen molar-refractivity contribution in [3.63, 3.8) is 0 Å². The van der Waals surface area contributed by atoms with Gasteiger partial charge in [-0.25, -0.2) is 4.79 Å². The molecule has 0 spiro atoms. The van der Waals surface area contributed by atoms with Crippen molar-refractivity contribution in [2.75, 3.05) is 13.1 Å². The SMILES string of the molecule is CC(C)(C)OC(=O)NCCNC(=S)NNC(=O)c1ccccc1. The maximum Gasteiger partial charge on any atom is 0.407 e. The highest BCUT2D eigenvalue weighted by Crippen LogP contribution is 2.05.